The first-order valence-electron chi connectivity index (χ1n) is 10.9. The lowest BCUT2D eigenvalue weighted by Crippen LogP contribution is -2.18. The summed E-state index contributed by atoms with van der Waals surface area (Å²) in [7, 11) is 0. The maximum absolute atomic E-state index is 12.3. The van der Waals surface area contributed by atoms with Gasteiger partial charge in [-0.25, -0.2) is 0 Å². The molecule has 0 bridgehead atoms. The van der Waals surface area contributed by atoms with Crippen LogP contribution in [0.3, 0.4) is 0 Å². The molecule has 0 nitrogen and oxygen atoms in total. The first-order valence-corrected chi connectivity index (χ1v) is 10.9. The molecule has 2 saturated carbocycles. The van der Waals surface area contributed by atoms with Gasteiger partial charge in [0.1, 0.15) is 0 Å². The fraction of sp³-hybridized carbons (Fsp3) is 1.00. The number of unbranched alkanes of at least 4 members (excludes halogenated alkanes) is 2. The fourth-order valence-electron chi connectivity index (χ4n) is 5.14. The summed E-state index contributed by atoms with van der Waals surface area (Å²) in [6.45, 7) is 2.20. The summed E-state index contributed by atoms with van der Waals surface area (Å²) in [5, 5.41) is 0. The summed E-state index contributed by atoms with van der Waals surface area (Å²) < 4.78 is 12.3. The number of rotatable bonds is 10. The zero-order valence-corrected chi connectivity index (χ0v) is 15.7. The molecule has 0 radical (unpaired) electrons. The molecule has 2 rings (SSSR count). The van der Waals surface area contributed by atoms with Gasteiger partial charge < -0.3 is 0 Å². The molecular formula is C22H41F. The molecule has 0 N–H and O–H groups in total. The third kappa shape index (κ3) is 7.57. The lowest BCUT2D eigenvalue weighted by Gasteiger charge is -2.32. The lowest BCUT2D eigenvalue weighted by atomic mass is 9.74. The number of hydrogen-bond acceptors (Lipinski definition) is 0. The Balaban J connectivity index is 1.51. The minimum absolute atomic E-state index is 0.110. The normalized spacial score (nSPS) is 32.1. The Kier molecular flexibility index (Phi) is 9.61. The Morgan fingerprint density at radius 2 is 0.957 bits per heavy atom. The number of halogens is 1. The molecule has 0 heterocycles. The number of alkyl halides is 1. The Hall–Kier alpha value is -0.0700. The smallest absolute Gasteiger partial charge is 0.0894 e. The Morgan fingerprint density at radius 1 is 0.565 bits per heavy atom. The van der Waals surface area contributed by atoms with Gasteiger partial charge in [0.2, 0.25) is 0 Å². The Bertz CT molecular complexity index is 272. The van der Waals surface area contributed by atoms with Gasteiger partial charge in [0.05, 0.1) is 6.67 Å². The topological polar surface area (TPSA) is 0 Å². The van der Waals surface area contributed by atoms with Crippen LogP contribution < -0.4 is 0 Å². The second kappa shape index (κ2) is 11.5. The Morgan fingerprint density at radius 3 is 1.35 bits per heavy atom. The van der Waals surface area contributed by atoms with Crippen LogP contribution in [0.25, 0.3) is 0 Å². The highest BCUT2D eigenvalue weighted by Crippen LogP contribution is 2.38. The highest BCUT2D eigenvalue weighted by atomic mass is 19.1. The van der Waals surface area contributed by atoms with Gasteiger partial charge in [0.25, 0.3) is 0 Å². The van der Waals surface area contributed by atoms with Gasteiger partial charge in [-0.3, -0.25) is 4.39 Å². The van der Waals surface area contributed by atoms with Crippen molar-refractivity contribution < 1.29 is 4.39 Å². The summed E-state index contributed by atoms with van der Waals surface area (Å²) in [6.07, 6.45) is 22.4. The molecule has 2 fully saturated rings. The number of hydrogen-bond donors (Lipinski definition) is 0. The molecule has 0 spiro atoms. The van der Waals surface area contributed by atoms with Crippen molar-refractivity contribution in [1.29, 1.82) is 0 Å². The van der Waals surface area contributed by atoms with Crippen LogP contribution in [0.15, 0.2) is 0 Å². The maximum Gasteiger partial charge on any atom is 0.0894 e. The molecule has 1 heteroatoms. The summed E-state index contributed by atoms with van der Waals surface area (Å²) in [6, 6.07) is 0. The van der Waals surface area contributed by atoms with Gasteiger partial charge in [-0.15, -0.1) is 0 Å². The van der Waals surface area contributed by atoms with Crippen molar-refractivity contribution in [1.82, 2.24) is 0 Å². The molecular weight excluding hydrogens is 283 g/mol. The van der Waals surface area contributed by atoms with E-state index >= 15 is 0 Å². The van der Waals surface area contributed by atoms with Crippen molar-refractivity contribution in [3.05, 3.63) is 0 Å². The van der Waals surface area contributed by atoms with E-state index in [9.17, 15) is 4.39 Å². The van der Waals surface area contributed by atoms with Gasteiger partial charge in [0.15, 0.2) is 0 Å². The van der Waals surface area contributed by atoms with Gasteiger partial charge in [-0.05, 0) is 36.5 Å². The second-order valence-corrected chi connectivity index (χ2v) is 8.68. The molecule has 0 saturated heterocycles. The SMILES string of the molecule is CCCCC[C@H]1CC[C@H](CC[C@H]2CC[C@H](CCCF)CC2)CC1. The van der Waals surface area contributed by atoms with Crippen LogP contribution in [-0.4, -0.2) is 6.67 Å². The van der Waals surface area contributed by atoms with E-state index in [1.165, 1.54) is 89.9 Å². The van der Waals surface area contributed by atoms with Crippen LogP contribution in [0.5, 0.6) is 0 Å². The zero-order valence-electron chi connectivity index (χ0n) is 15.7. The molecule has 2 aliphatic carbocycles. The quantitative estimate of drug-likeness (QED) is 0.361. The van der Waals surface area contributed by atoms with Crippen LogP contribution in [0, 0.1) is 23.7 Å². The van der Waals surface area contributed by atoms with Crippen LogP contribution >= 0.6 is 0 Å². The van der Waals surface area contributed by atoms with Gasteiger partial charge in [0, 0.05) is 0 Å². The monoisotopic (exact) mass is 324 g/mol. The summed E-state index contributed by atoms with van der Waals surface area (Å²) in [5.74, 6) is 3.95. The molecule has 136 valence electrons. The summed E-state index contributed by atoms with van der Waals surface area (Å²) in [4.78, 5) is 0. The van der Waals surface area contributed by atoms with E-state index in [1.54, 1.807) is 0 Å². The highest BCUT2D eigenvalue weighted by Gasteiger charge is 2.24. The third-order valence-electron chi connectivity index (χ3n) is 6.88. The van der Waals surface area contributed by atoms with E-state index in [1.807, 2.05) is 0 Å². The van der Waals surface area contributed by atoms with E-state index in [0.717, 1.165) is 36.5 Å². The van der Waals surface area contributed by atoms with E-state index in [0.29, 0.717) is 0 Å². The van der Waals surface area contributed by atoms with Crippen molar-refractivity contribution in [2.24, 2.45) is 23.7 Å². The molecule has 0 aromatic heterocycles. The minimum Gasteiger partial charge on any atom is -0.251 e. The highest BCUT2D eigenvalue weighted by molar-refractivity contribution is 4.77. The van der Waals surface area contributed by atoms with Crippen molar-refractivity contribution >= 4 is 0 Å². The van der Waals surface area contributed by atoms with Gasteiger partial charge in [-0.1, -0.05) is 96.8 Å². The molecule has 0 atom stereocenters. The molecule has 0 aliphatic heterocycles. The van der Waals surface area contributed by atoms with Crippen LogP contribution in [0.2, 0.25) is 0 Å². The first kappa shape index (κ1) is 19.3. The predicted octanol–water partition coefficient (Wildman–Crippen LogP) is 7.71. The van der Waals surface area contributed by atoms with E-state index in [2.05, 4.69) is 6.92 Å². The molecule has 23 heavy (non-hydrogen) atoms. The Labute approximate surface area is 145 Å². The van der Waals surface area contributed by atoms with Crippen LogP contribution in [-0.2, 0) is 0 Å². The predicted molar refractivity (Wildman–Crippen MR) is 99.5 cm³/mol. The fourth-order valence-corrected chi connectivity index (χ4v) is 5.14. The molecule has 0 unspecified atom stereocenters. The molecule has 2 aliphatic rings. The van der Waals surface area contributed by atoms with Gasteiger partial charge in [-0.2, -0.15) is 0 Å². The van der Waals surface area contributed by atoms with Crippen LogP contribution in [0.1, 0.15) is 110 Å². The van der Waals surface area contributed by atoms with E-state index < -0.39 is 0 Å². The summed E-state index contributed by atoms with van der Waals surface area (Å²) >= 11 is 0. The van der Waals surface area contributed by atoms with Crippen molar-refractivity contribution in [3.8, 4) is 0 Å². The third-order valence-corrected chi connectivity index (χ3v) is 6.88. The zero-order chi connectivity index (χ0) is 16.3. The van der Waals surface area contributed by atoms with Crippen molar-refractivity contribution in [2.75, 3.05) is 6.67 Å². The molecule has 0 aromatic carbocycles. The molecule has 0 amide bonds. The summed E-state index contributed by atoms with van der Waals surface area (Å²) in [5.41, 5.74) is 0. The maximum atomic E-state index is 12.3. The average Bonchev–Trinajstić information content (AvgIpc) is 2.60. The molecule has 0 aromatic rings. The second-order valence-electron chi connectivity index (χ2n) is 8.68. The minimum atomic E-state index is -0.110. The van der Waals surface area contributed by atoms with Crippen molar-refractivity contribution in [3.63, 3.8) is 0 Å². The largest absolute Gasteiger partial charge is 0.251 e. The average molecular weight is 325 g/mol. The van der Waals surface area contributed by atoms with Crippen LogP contribution in [0.4, 0.5) is 4.39 Å². The van der Waals surface area contributed by atoms with Crippen molar-refractivity contribution in [2.45, 2.75) is 110 Å². The standard InChI is InChI=1S/C22H41F/c1-2-3-4-6-19-8-12-21(13-9-19)16-17-22-14-10-20(11-15-22)7-5-18-23/h19-22H,2-18H2,1H3/t19-,20-,21-,22-. The van der Waals surface area contributed by atoms with E-state index in [-0.39, 0.29) is 6.67 Å². The first-order chi connectivity index (χ1) is 11.3. The van der Waals surface area contributed by atoms with Gasteiger partial charge >= 0.3 is 0 Å². The lowest BCUT2D eigenvalue weighted by molar-refractivity contribution is 0.206. The van der Waals surface area contributed by atoms with E-state index in [4.69, 9.17) is 0 Å².